The Kier molecular flexibility index (Phi) is 4.07. The largest absolute Gasteiger partial charge is 0.345 e. The van der Waals surface area contributed by atoms with Gasteiger partial charge in [0.2, 0.25) is 0 Å². The van der Waals surface area contributed by atoms with Crippen molar-refractivity contribution < 1.29 is 13.6 Å². The Morgan fingerprint density at radius 2 is 2.16 bits per heavy atom. The number of alkyl halides is 1. The third-order valence-corrected chi connectivity index (χ3v) is 5.07. The molecule has 0 amide bonds. The van der Waals surface area contributed by atoms with E-state index < -0.39 is 10.0 Å². The second-order valence-electron chi connectivity index (χ2n) is 4.29. The molecule has 2 heterocycles. The van der Waals surface area contributed by atoms with Crippen molar-refractivity contribution in [2.24, 2.45) is 0 Å². The van der Waals surface area contributed by atoms with Crippen LogP contribution in [-0.4, -0.2) is 35.4 Å². The van der Waals surface area contributed by atoms with Crippen molar-refractivity contribution in [2.45, 2.75) is 24.3 Å². The molecule has 0 aromatic carbocycles. The third-order valence-electron chi connectivity index (χ3n) is 3.05. The van der Waals surface area contributed by atoms with Crippen LogP contribution in [0.1, 0.15) is 18.5 Å². The van der Waals surface area contributed by atoms with E-state index in [-0.39, 0.29) is 4.90 Å². The van der Waals surface area contributed by atoms with Gasteiger partial charge in [0.05, 0.1) is 5.69 Å². The Hall–Kier alpha value is -1.18. The molecule has 2 rings (SSSR count). The summed E-state index contributed by atoms with van der Waals surface area (Å²) in [5, 5.41) is 9.17. The molecule has 1 aliphatic rings. The highest BCUT2D eigenvalue weighted by Crippen LogP contribution is 2.31. The highest BCUT2D eigenvalue weighted by molar-refractivity contribution is 7.89. The van der Waals surface area contributed by atoms with E-state index in [9.17, 15) is 8.42 Å². The third kappa shape index (κ3) is 2.45. The molecule has 0 radical (unpaired) electrons. The Morgan fingerprint density at radius 3 is 2.79 bits per heavy atom. The van der Waals surface area contributed by atoms with Crippen molar-refractivity contribution >= 4 is 27.3 Å². The van der Waals surface area contributed by atoms with Crippen LogP contribution >= 0.6 is 11.6 Å². The summed E-state index contributed by atoms with van der Waals surface area (Å²) >= 11 is 5.63. The van der Waals surface area contributed by atoms with E-state index in [1.165, 1.54) is 13.2 Å². The van der Waals surface area contributed by atoms with Crippen molar-refractivity contribution in [3.05, 3.63) is 24.2 Å². The van der Waals surface area contributed by atoms with Crippen molar-refractivity contribution in [3.8, 4) is 0 Å². The number of sulfonamides is 1. The molecule has 1 aliphatic heterocycles. The number of hydroxylamine groups is 1. The van der Waals surface area contributed by atoms with Gasteiger partial charge in [-0.2, -0.15) is 0 Å². The summed E-state index contributed by atoms with van der Waals surface area (Å²) in [4.78, 5) is 0.194. The maximum atomic E-state index is 12.1. The van der Waals surface area contributed by atoms with Crippen LogP contribution in [-0.2, 0) is 16.6 Å². The maximum Gasteiger partial charge on any atom is 0.265 e. The molecule has 6 nitrogen and oxygen atoms in total. The van der Waals surface area contributed by atoms with Crippen LogP contribution in [0.15, 0.2) is 23.4 Å². The van der Waals surface area contributed by atoms with Gasteiger partial charge in [-0.05, 0) is 18.9 Å². The second-order valence-corrected chi connectivity index (χ2v) is 6.64. The molecular formula is C11H16ClN3O3S. The average Bonchev–Trinajstić information content (AvgIpc) is 2.79. The molecule has 19 heavy (non-hydrogen) atoms. The van der Waals surface area contributed by atoms with Crippen molar-refractivity contribution in [2.75, 3.05) is 12.9 Å². The number of hydrogen-bond donors (Lipinski definition) is 2. The van der Waals surface area contributed by atoms with Gasteiger partial charge in [0.15, 0.2) is 0 Å². The van der Waals surface area contributed by atoms with Crippen LogP contribution in [0, 0.1) is 0 Å². The van der Waals surface area contributed by atoms with Gasteiger partial charge in [-0.1, -0.05) is 0 Å². The van der Waals surface area contributed by atoms with Crippen LogP contribution < -0.4 is 5.48 Å². The Balaban J connectivity index is 2.42. The summed E-state index contributed by atoms with van der Waals surface area (Å²) in [5.74, 6) is 0.575. The monoisotopic (exact) mass is 305 g/mol. The molecule has 0 bridgehead atoms. The van der Waals surface area contributed by atoms with Gasteiger partial charge in [0.25, 0.3) is 10.0 Å². The predicted octanol–water partition coefficient (Wildman–Crippen LogP) is 1.42. The van der Waals surface area contributed by atoms with Crippen LogP contribution in [0.2, 0.25) is 0 Å². The molecule has 0 saturated heterocycles. The van der Waals surface area contributed by atoms with Gasteiger partial charge in [-0.25, -0.2) is 8.42 Å². The number of unbranched alkanes of at least 4 members (excludes halogenated alkanes) is 1. The molecule has 106 valence electrons. The lowest BCUT2D eigenvalue weighted by atomic mass is 10.3. The van der Waals surface area contributed by atoms with Crippen molar-refractivity contribution in [1.29, 1.82) is 0 Å². The van der Waals surface area contributed by atoms with Crippen molar-refractivity contribution in [3.63, 3.8) is 0 Å². The van der Waals surface area contributed by atoms with Crippen LogP contribution in [0.4, 0.5) is 0 Å². The maximum absolute atomic E-state index is 12.1. The zero-order valence-corrected chi connectivity index (χ0v) is 12.1. The first-order chi connectivity index (χ1) is 9.02. The molecule has 0 spiro atoms. The van der Waals surface area contributed by atoms with Crippen molar-refractivity contribution in [1.82, 2.24) is 14.4 Å². The van der Waals surface area contributed by atoms with E-state index >= 15 is 0 Å². The molecule has 0 aliphatic carbocycles. The van der Waals surface area contributed by atoms with Gasteiger partial charge in [-0.15, -0.1) is 11.6 Å². The summed E-state index contributed by atoms with van der Waals surface area (Å²) in [6.45, 7) is 0.653. The Bertz CT molecular complexity index is 594. The molecule has 0 unspecified atom stereocenters. The quantitative estimate of drug-likeness (QED) is 0.490. The predicted molar refractivity (Wildman–Crippen MR) is 72.2 cm³/mol. The van der Waals surface area contributed by atoms with Crippen LogP contribution in [0.5, 0.6) is 0 Å². The Morgan fingerprint density at radius 1 is 1.42 bits per heavy atom. The minimum Gasteiger partial charge on any atom is -0.345 e. The Labute approximate surface area is 117 Å². The zero-order valence-electron chi connectivity index (χ0n) is 10.5. The van der Waals surface area contributed by atoms with Crippen LogP contribution in [0.25, 0.3) is 5.70 Å². The van der Waals surface area contributed by atoms with E-state index in [4.69, 9.17) is 16.8 Å². The number of nitrogens with one attached hydrogen (secondary N) is 1. The molecule has 2 N–H and O–H groups in total. The number of nitrogens with zero attached hydrogens (tertiary/aromatic N) is 2. The molecule has 8 heteroatoms. The highest BCUT2D eigenvalue weighted by Gasteiger charge is 2.31. The first-order valence-electron chi connectivity index (χ1n) is 5.88. The molecule has 1 aromatic heterocycles. The minimum absolute atomic E-state index is 0.194. The topological polar surface area (TPSA) is 74.6 Å². The normalized spacial score (nSPS) is 17.0. The lowest BCUT2D eigenvalue weighted by Gasteiger charge is -2.24. The van der Waals surface area contributed by atoms with Gasteiger partial charge in [0.1, 0.15) is 10.6 Å². The van der Waals surface area contributed by atoms with E-state index in [0.717, 1.165) is 17.1 Å². The highest BCUT2D eigenvalue weighted by atomic mass is 35.5. The summed E-state index contributed by atoms with van der Waals surface area (Å²) in [7, 11) is -2.08. The first-order valence-corrected chi connectivity index (χ1v) is 7.85. The fourth-order valence-corrected chi connectivity index (χ4v) is 3.51. The number of rotatable bonds is 5. The van der Waals surface area contributed by atoms with Gasteiger partial charge >= 0.3 is 0 Å². The molecule has 0 saturated carbocycles. The van der Waals surface area contributed by atoms with Crippen LogP contribution in [0.3, 0.4) is 0 Å². The summed E-state index contributed by atoms with van der Waals surface area (Å²) in [5.41, 5.74) is 2.90. The molecule has 0 atom stereocenters. The summed E-state index contributed by atoms with van der Waals surface area (Å²) < 4.78 is 27.2. The summed E-state index contributed by atoms with van der Waals surface area (Å²) in [6, 6.07) is 1.55. The lowest BCUT2D eigenvalue weighted by molar-refractivity contribution is 0.222. The molecule has 0 fully saturated rings. The minimum atomic E-state index is -3.51. The SMILES string of the molecule is CN1C=C(NO)c2c(ccn2CCCCCl)S1(=O)=O. The van der Waals surface area contributed by atoms with E-state index in [1.807, 2.05) is 4.57 Å². The smallest absolute Gasteiger partial charge is 0.265 e. The van der Waals surface area contributed by atoms with E-state index in [2.05, 4.69) is 5.48 Å². The first kappa shape index (κ1) is 14.2. The fraction of sp³-hybridized carbons (Fsp3) is 0.455. The number of halogens is 1. The van der Waals surface area contributed by atoms with Gasteiger partial charge < -0.3 is 4.57 Å². The standard InChI is InChI=1S/C11H16ClN3O3S/c1-14-8-9(13-16)11-10(19(14,17)18)4-7-15(11)6-3-2-5-12/h4,7-8,13,16H,2-3,5-6H2,1H3. The lowest BCUT2D eigenvalue weighted by Crippen LogP contribution is -2.29. The number of aryl methyl sites for hydroxylation is 1. The molecule has 1 aromatic rings. The average molecular weight is 306 g/mol. The fourth-order valence-electron chi connectivity index (χ4n) is 2.06. The van der Waals surface area contributed by atoms with E-state index in [1.54, 1.807) is 12.3 Å². The molecular weight excluding hydrogens is 290 g/mol. The van der Waals surface area contributed by atoms with Gasteiger partial charge in [-0.3, -0.25) is 15.0 Å². The van der Waals surface area contributed by atoms with Gasteiger partial charge in [0, 0.05) is 31.9 Å². The van der Waals surface area contributed by atoms with E-state index in [0.29, 0.717) is 23.8 Å². The summed E-state index contributed by atoms with van der Waals surface area (Å²) in [6.07, 6.45) is 4.77. The number of aromatic nitrogens is 1. The number of hydrogen-bond acceptors (Lipinski definition) is 4. The zero-order chi connectivity index (χ0) is 14.0. The number of fused-ring (bicyclic) bond motifs is 1. The second kappa shape index (κ2) is 5.44.